The Morgan fingerprint density at radius 1 is 0.962 bits per heavy atom. The molecule has 0 saturated heterocycles. The molecular weight excluding hydrogens is 350 g/mol. The first-order valence-corrected chi connectivity index (χ1v) is 8.65. The number of benzene rings is 2. The summed E-state index contributed by atoms with van der Waals surface area (Å²) in [6, 6.07) is 17.2. The van der Waals surface area contributed by atoms with Crippen LogP contribution in [0.1, 0.15) is 25.0 Å². The molecule has 0 aliphatic rings. The monoisotopic (exact) mass is 373 g/mol. The minimum Gasteiger partial charge on any atom is -0.489 e. The third-order valence-corrected chi connectivity index (χ3v) is 4.29. The van der Waals surface area contributed by atoms with E-state index in [1.54, 1.807) is 12.1 Å². The molecule has 0 saturated carbocycles. The second-order valence-corrected chi connectivity index (χ2v) is 6.02. The van der Waals surface area contributed by atoms with E-state index in [1.807, 2.05) is 12.1 Å². The van der Waals surface area contributed by atoms with Crippen molar-refractivity contribution in [2.75, 3.05) is 13.1 Å². The molecule has 0 amide bonds. The Labute approximate surface area is 159 Å². The summed E-state index contributed by atoms with van der Waals surface area (Å²) >= 11 is 0. The molecule has 0 N–H and O–H groups in total. The highest BCUT2D eigenvalue weighted by atomic mass is 35.5. The van der Waals surface area contributed by atoms with Gasteiger partial charge < -0.3 is 9.15 Å². The molecule has 1 aromatic heterocycles. The summed E-state index contributed by atoms with van der Waals surface area (Å²) in [5.74, 6) is 0.691. The fourth-order valence-electron chi connectivity index (χ4n) is 2.82. The molecule has 4 nitrogen and oxygen atoms in total. The van der Waals surface area contributed by atoms with E-state index in [9.17, 15) is 4.79 Å². The van der Waals surface area contributed by atoms with Crippen LogP contribution in [0.15, 0.2) is 63.8 Å². The molecule has 5 heteroatoms. The third kappa shape index (κ3) is 5.10. The second kappa shape index (κ2) is 9.41. The maximum atomic E-state index is 11.3. The number of hydrogen-bond donors (Lipinski definition) is 0. The van der Waals surface area contributed by atoms with Crippen molar-refractivity contribution >= 4 is 23.4 Å². The zero-order chi connectivity index (χ0) is 17.6. The van der Waals surface area contributed by atoms with E-state index in [1.165, 1.54) is 11.6 Å². The first-order valence-electron chi connectivity index (χ1n) is 8.65. The van der Waals surface area contributed by atoms with Crippen molar-refractivity contribution in [2.24, 2.45) is 0 Å². The van der Waals surface area contributed by atoms with Crippen molar-refractivity contribution in [3.63, 3.8) is 0 Å². The van der Waals surface area contributed by atoms with E-state index in [0.29, 0.717) is 17.9 Å². The zero-order valence-corrected chi connectivity index (χ0v) is 15.9. The second-order valence-electron chi connectivity index (χ2n) is 6.02. The Morgan fingerprint density at radius 3 is 2.46 bits per heavy atom. The number of halogens is 1. The molecule has 3 rings (SSSR count). The smallest absolute Gasteiger partial charge is 0.336 e. The van der Waals surface area contributed by atoms with Crippen molar-refractivity contribution in [1.29, 1.82) is 0 Å². The topological polar surface area (TPSA) is 42.7 Å². The molecule has 0 radical (unpaired) electrons. The van der Waals surface area contributed by atoms with Gasteiger partial charge in [-0.25, -0.2) is 4.79 Å². The molecule has 0 unspecified atom stereocenters. The largest absolute Gasteiger partial charge is 0.489 e. The average molecular weight is 374 g/mol. The van der Waals surface area contributed by atoms with Crippen molar-refractivity contribution in [2.45, 2.75) is 27.0 Å². The summed E-state index contributed by atoms with van der Waals surface area (Å²) in [5, 5.41) is 0.883. The van der Waals surface area contributed by atoms with Crippen LogP contribution >= 0.6 is 12.4 Å². The Hall–Kier alpha value is -2.30. The van der Waals surface area contributed by atoms with Gasteiger partial charge in [-0.05, 0) is 42.4 Å². The lowest BCUT2D eigenvalue weighted by Crippen LogP contribution is -2.22. The lowest BCUT2D eigenvalue weighted by atomic mass is 10.1. The first kappa shape index (κ1) is 20.0. The van der Waals surface area contributed by atoms with Gasteiger partial charge >= 0.3 is 5.63 Å². The lowest BCUT2D eigenvalue weighted by molar-refractivity contribution is 0.293. The lowest BCUT2D eigenvalue weighted by Gasteiger charge is -2.18. The summed E-state index contributed by atoms with van der Waals surface area (Å²) in [6.45, 7) is 7.86. The summed E-state index contributed by atoms with van der Waals surface area (Å²) in [7, 11) is 0. The minimum atomic E-state index is -0.353. The minimum absolute atomic E-state index is 0. The maximum Gasteiger partial charge on any atom is 0.336 e. The van der Waals surface area contributed by atoms with Crippen molar-refractivity contribution in [3.05, 3.63) is 76.1 Å². The van der Waals surface area contributed by atoms with Crippen LogP contribution in [0.4, 0.5) is 0 Å². The van der Waals surface area contributed by atoms with Gasteiger partial charge in [0, 0.05) is 24.1 Å². The van der Waals surface area contributed by atoms with Crippen LogP contribution in [0, 0.1) is 0 Å². The molecule has 26 heavy (non-hydrogen) atoms. The van der Waals surface area contributed by atoms with Crippen LogP contribution in [0.5, 0.6) is 5.75 Å². The van der Waals surface area contributed by atoms with Gasteiger partial charge in [0.1, 0.15) is 17.9 Å². The van der Waals surface area contributed by atoms with Crippen molar-refractivity contribution < 1.29 is 9.15 Å². The average Bonchev–Trinajstić information content (AvgIpc) is 2.64. The number of nitrogens with zero attached hydrogens (tertiary/aromatic N) is 1. The number of rotatable bonds is 7. The van der Waals surface area contributed by atoms with Gasteiger partial charge in [-0.1, -0.05) is 38.1 Å². The van der Waals surface area contributed by atoms with Crippen LogP contribution in [0.2, 0.25) is 0 Å². The van der Waals surface area contributed by atoms with Crippen LogP contribution in [0.3, 0.4) is 0 Å². The van der Waals surface area contributed by atoms with E-state index < -0.39 is 0 Å². The van der Waals surface area contributed by atoms with Crippen LogP contribution < -0.4 is 10.4 Å². The predicted molar refractivity (Wildman–Crippen MR) is 107 cm³/mol. The molecule has 138 valence electrons. The summed E-state index contributed by atoms with van der Waals surface area (Å²) in [5.41, 5.74) is 2.60. The predicted octanol–water partition coefficient (Wildman–Crippen LogP) is 4.64. The van der Waals surface area contributed by atoms with E-state index in [0.717, 1.165) is 30.6 Å². The summed E-state index contributed by atoms with van der Waals surface area (Å²) in [6.07, 6.45) is 0. The number of fused-ring (bicyclic) bond motifs is 1. The molecule has 0 aliphatic carbocycles. The van der Waals surface area contributed by atoms with E-state index in [4.69, 9.17) is 9.15 Å². The van der Waals surface area contributed by atoms with Crippen molar-refractivity contribution in [1.82, 2.24) is 4.90 Å². The van der Waals surface area contributed by atoms with E-state index in [2.05, 4.69) is 43.0 Å². The summed E-state index contributed by atoms with van der Waals surface area (Å²) < 4.78 is 11.1. The van der Waals surface area contributed by atoms with Gasteiger partial charge in [-0.2, -0.15) is 0 Å². The number of hydrogen-bond acceptors (Lipinski definition) is 4. The van der Waals surface area contributed by atoms with Gasteiger partial charge in [0.2, 0.25) is 0 Å². The van der Waals surface area contributed by atoms with Crippen molar-refractivity contribution in [3.8, 4) is 5.75 Å². The van der Waals surface area contributed by atoms with Gasteiger partial charge in [0.05, 0.1) is 0 Å². The molecule has 0 spiro atoms. The Balaban J connectivity index is 0.00000243. The SMILES string of the molecule is CCN(CC)Cc1cccc(COc2ccc3ccc(=O)oc3c2)c1.Cl. The third-order valence-electron chi connectivity index (χ3n) is 4.29. The number of ether oxygens (including phenoxy) is 1. The normalized spacial score (nSPS) is 10.7. The Kier molecular flexibility index (Phi) is 7.25. The maximum absolute atomic E-state index is 11.3. The Bertz CT molecular complexity index is 903. The molecule has 2 aromatic carbocycles. The molecule has 1 heterocycles. The van der Waals surface area contributed by atoms with Gasteiger partial charge in [0.15, 0.2) is 0 Å². The highest BCUT2D eigenvalue weighted by Crippen LogP contribution is 2.20. The van der Waals surface area contributed by atoms with Gasteiger partial charge in [-0.15, -0.1) is 12.4 Å². The van der Waals surface area contributed by atoms with Gasteiger partial charge in [0.25, 0.3) is 0 Å². The van der Waals surface area contributed by atoms with Crippen LogP contribution in [-0.2, 0) is 13.2 Å². The fourth-order valence-corrected chi connectivity index (χ4v) is 2.82. The highest BCUT2D eigenvalue weighted by Gasteiger charge is 2.04. The quantitative estimate of drug-likeness (QED) is 0.566. The Morgan fingerprint density at radius 2 is 1.69 bits per heavy atom. The molecular formula is C21H24ClNO3. The molecule has 3 aromatic rings. The van der Waals surface area contributed by atoms with E-state index >= 15 is 0 Å². The van der Waals surface area contributed by atoms with Crippen LogP contribution in [-0.4, -0.2) is 18.0 Å². The molecule has 0 atom stereocenters. The molecule has 0 bridgehead atoms. The standard InChI is InChI=1S/C21H23NO3.ClH/c1-3-22(4-2)14-16-6-5-7-17(12-16)15-24-19-10-8-18-9-11-21(23)25-20(18)13-19;/h5-13H,3-4,14-15H2,1-2H3;1H. The van der Waals surface area contributed by atoms with E-state index in [-0.39, 0.29) is 18.0 Å². The summed E-state index contributed by atoms with van der Waals surface area (Å²) in [4.78, 5) is 13.7. The molecule has 0 aliphatic heterocycles. The fraction of sp³-hybridized carbons (Fsp3) is 0.286. The zero-order valence-electron chi connectivity index (χ0n) is 15.1. The van der Waals surface area contributed by atoms with Gasteiger partial charge in [-0.3, -0.25) is 4.90 Å². The highest BCUT2D eigenvalue weighted by molar-refractivity contribution is 5.85. The van der Waals surface area contributed by atoms with Crippen LogP contribution in [0.25, 0.3) is 11.0 Å². The first-order chi connectivity index (χ1) is 12.2. The molecule has 0 fully saturated rings.